The third-order valence-electron chi connectivity index (χ3n) is 3.47. The van der Waals surface area contributed by atoms with Gasteiger partial charge in [0.1, 0.15) is 0 Å². The van der Waals surface area contributed by atoms with E-state index in [-0.39, 0.29) is 0 Å². The molecule has 0 aliphatic rings. The van der Waals surface area contributed by atoms with Crippen LogP contribution in [0.15, 0.2) is 6.07 Å². The molecule has 0 fully saturated rings. The molecule has 0 saturated carbocycles. The predicted octanol–water partition coefficient (Wildman–Crippen LogP) is 4.70. The molecular weight excluding hydrogens is 200 g/mol. The van der Waals surface area contributed by atoms with Gasteiger partial charge in [0.05, 0.1) is 0 Å². The number of thiophene rings is 1. The standard InChI is InChI=1S/C14H18S/c1-6-12-11(5)14-10(4)9(3)8(2)7-13(14)15-12/h7H,6H2,1-5H3. The molecule has 0 atom stereocenters. The largest absolute Gasteiger partial charge is 0.140 e. The summed E-state index contributed by atoms with van der Waals surface area (Å²) in [6, 6.07) is 2.34. The summed E-state index contributed by atoms with van der Waals surface area (Å²) in [4.78, 5) is 1.54. The average Bonchev–Trinajstić information content (AvgIpc) is 2.52. The van der Waals surface area contributed by atoms with Gasteiger partial charge in [0.2, 0.25) is 0 Å². The Kier molecular flexibility index (Phi) is 2.59. The van der Waals surface area contributed by atoms with Gasteiger partial charge >= 0.3 is 0 Å². The van der Waals surface area contributed by atoms with E-state index in [9.17, 15) is 0 Å². The molecule has 0 amide bonds. The van der Waals surface area contributed by atoms with Gasteiger partial charge in [0, 0.05) is 9.58 Å². The summed E-state index contributed by atoms with van der Waals surface area (Å²) in [5.41, 5.74) is 5.84. The van der Waals surface area contributed by atoms with Crippen molar-refractivity contribution in [1.29, 1.82) is 0 Å². The molecule has 0 nitrogen and oxygen atoms in total. The van der Waals surface area contributed by atoms with Gasteiger partial charge in [-0.15, -0.1) is 11.3 Å². The summed E-state index contributed by atoms with van der Waals surface area (Å²) in [5, 5.41) is 1.50. The lowest BCUT2D eigenvalue weighted by atomic mass is 9.98. The Morgan fingerprint density at radius 3 is 2.27 bits per heavy atom. The first-order valence-electron chi connectivity index (χ1n) is 5.55. The zero-order valence-corrected chi connectivity index (χ0v) is 11.0. The zero-order valence-electron chi connectivity index (χ0n) is 10.2. The van der Waals surface area contributed by atoms with Gasteiger partial charge in [-0.2, -0.15) is 0 Å². The topological polar surface area (TPSA) is 0 Å². The number of fused-ring (bicyclic) bond motifs is 1. The summed E-state index contributed by atoms with van der Waals surface area (Å²) in [5.74, 6) is 0. The molecule has 0 aliphatic carbocycles. The van der Waals surface area contributed by atoms with Crippen LogP contribution < -0.4 is 0 Å². The molecule has 2 rings (SSSR count). The highest BCUT2D eigenvalue weighted by Crippen LogP contribution is 2.35. The van der Waals surface area contributed by atoms with Crippen molar-refractivity contribution in [3.05, 3.63) is 33.2 Å². The molecule has 1 heteroatoms. The number of rotatable bonds is 1. The molecule has 0 N–H and O–H groups in total. The molecule has 0 bridgehead atoms. The first kappa shape index (κ1) is 10.7. The second kappa shape index (κ2) is 3.64. The minimum absolute atomic E-state index is 1.16. The second-order valence-corrected chi connectivity index (χ2v) is 5.46. The van der Waals surface area contributed by atoms with Crippen LogP contribution in [0.1, 0.15) is 34.1 Å². The van der Waals surface area contributed by atoms with Crippen molar-refractivity contribution in [3.63, 3.8) is 0 Å². The Hall–Kier alpha value is -0.820. The number of aryl methyl sites for hydroxylation is 4. The van der Waals surface area contributed by atoms with E-state index in [1.165, 1.54) is 37.2 Å². The Morgan fingerprint density at radius 2 is 1.67 bits per heavy atom. The van der Waals surface area contributed by atoms with E-state index < -0.39 is 0 Å². The van der Waals surface area contributed by atoms with E-state index in [1.807, 2.05) is 11.3 Å². The summed E-state index contributed by atoms with van der Waals surface area (Å²) in [6.07, 6.45) is 1.16. The highest BCUT2D eigenvalue weighted by Gasteiger charge is 2.11. The van der Waals surface area contributed by atoms with Crippen LogP contribution in [-0.2, 0) is 6.42 Å². The van der Waals surface area contributed by atoms with Crippen LogP contribution in [0.25, 0.3) is 10.1 Å². The summed E-state index contributed by atoms with van der Waals surface area (Å²) in [7, 11) is 0. The van der Waals surface area contributed by atoms with Gasteiger partial charge < -0.3 is 0 Å². The highest BCUT2D eigenvalue weighted by molar-refractivity contribution is 7.19. The molecule has 0 unspecified atom stereocenters. The van der Waals surface area contributed by atoms with Crippen molar-refractivity contribution < 1.29 is 0 Å². The third-order valence-corrected chi connectivity index (χ3v) is 4.85. The van der Waals surface area contributed by atoms with Crippen molar-refractivity contribution in [2.24, 2.45) is 0 Å². The minimum atomic E-state index is 1.16. The van der Waals surface area contributed by atoms with Crippen LogP contribution in [0.5, 0.6) is 0 Å². The maximum atomic E-state index is 2.34. The smallest absolute Gasteiger partial charge is 0.0353 e. The summed E-state index contributed by atoms with van der Waals surface area (Å²) in [6.45, 7) is 11.2. The fraction of sp³-hybridized carbons (Fsp3) is 0.429. The Balaban J connectivity index is 2.90. The molecule has 0 aliphatic heterocycles. The molecular formula is C14H18S. The van der Waals surface area contributed by atoms with Crippen LogP contribution in [0.3, 0.4) is 0 Å². The van der Waals surface area contributed by atoms with Crippen LogP contribution in [0.2, 0.25) is 0 Å². The lowest BCUT2D eigenvalue weighted by Crippen LogP contribution is -1.87. The second-order valence-electron chi connectivity index (χ2n) is 4.32. The fourth-order valence-electron chi connectivity index (χ4n) is 2.28. The Labute approximate surface area is 95.9 Å². The Morgan fingerprint density at radius 1 is 1.00 bits per heavy atom. The van der Waals surface area contributed by atoms with Gasteiger partial charge in [-0.25, -0.2) is 0 Å². The SMILES string of the molecule is CCc1sc2cc(C)c(C)c(C)c2c1C. The average molecular weight is 218 g/mol. The van der Waals surface area contributed by atoms with Crippen LogP contribution >= 0.6 is 11.3 Å². The van der Waals surface area contributed by atoms with Gasteiger partial charge in [-0.3, -0.25) is 0 Å². The van der Waals surface area contributed by atoms with E-state index in [0.29, 0.717) is 0 Å². The van der Waals surface area contributed by atoms with E-state index in [2.05, 4.69) is 40.7 Å². The van der Waals surface area contributed by atoms with E-state index in [0.717, 1.165) is 6.42 Å². The summed E-state index contributed by atoms with van der Waals surface area (Å²) < 4.78 is 1.46. The predicted molar refractivity (Wildman–Crippen MR) is 70.2 cm³/mol. The van der Waals surface area contributed by atoms with Gasteiger partial charge in [0.25, 0.3) is 0 Å². The van der Waals surface area contributed by atoms with Gasteiger partial charge in [-0.05, 0) is 67.8 Å². The third kappa shape index (κ3) is 1.50. The summed E-state index contributed by atoms with van der Waals surface area (Å²) >= 11 is 1.96. The minimum Gasteiger partial charge on any atom is -0.140 e. The lowest BCUT2D eigenvalue weighted by molar-refractivity contribution is 1.16. The maximum absolute atomic E-state index is 2.34. The van der Waals surface area contributed by atoms with E-state index in [4.69, 9.17) is 0 Å². The van der Waals surface area contributed by atoms with Gasteiger partial charge in [0.15, 0.2) is 0 Å². The first-order valence-corrected chi connectivity index (χ1v) is 6.36. The van der Waals surface area contributed by atoms with E-state index in [1.54, 1.807) is 0 Å². The van der Waals surface area contributed by atoms with E-state index >= 15 is 0 Å². The van der Waals surface area contributed by atoms with Crippen LogP contribution in [0.4, 0.5) is 0 Å². The fourth-order valence-corrected chi connectivity index (χ4v) is 3.59. The molecule has 0 radical (unpaired) electrons. The molecule has 1 aromatic heterocycles. The molecule has 0 spiro atoms. The van der Waals surface area contributed by atoms with Crippen molar-refractivity contribution in [1.82, 2.24) is 0 Å². The van der Waals surface area contributed by atoms with Crippen LogP contribution in [0, 0.1) is 27.7 Å². The zero-order chi connectivity index (χ0) is 11.2. The number of benzene rings is 1. The molecule has 1 aromatic carbocycles. The Bertz CT molecular complexity index is 518. The van der Waals surface area contributed by atoms with Crippen molar-refractivity contribution in [2.45, 2.75) is 41.0 Å². The van der Waals surface area contributed by atoms with Crippen molar-refractivity contribution in [2.75, 3.05) is 0 Å². The van der Waals surface area contributed by atoms with Gasteiger partial charge in [-0.1, -0.05) is 6.92 Å². The molecule has 80 valence electrons. The monoisotopic (exact) mass is 218 g/mol. The normalized spacial score (nSPS) is 11.3. The number of hydrogen-bond donors (Lipinski definition) is 0. The molecule has 0 saturated heterocycles. The molecule has 2 aromatic rings. The molecule has 1 heterocycles. The quantitative estimate of drug-likeness (QED) is 0.651. The number of hydrogen-bond acceptors (Lipinski definition) is 1. The molecule has 15 heavy (non-hydrogen) atoms. The lowest BCUT2D eigenvalue weighted by Gasteiger charge is -2.06. The van der Waals surface area contributed by atoms with Crippen molar-refractivity contribution in [3.8, 4) is 0 Å². The first-order chi connectivity index (χ1) is 7.06. The maximum Gasteiger partial charge on any atom is 0.0353 e. The highest BCUT2D eigenvalue weighted by atomic mass is 32.1. The van der Waals surface area contributed by atoms with Crippen LogP contribution in [-0.4, -0.2) is 0 Å². The van der Waals surface area contributed by atoms with Crippen molar-refractivity contribution >= 4 is 21.4 Å².